The van der Waals surface area contributed by atoms with Crippen molar-refractivity contribution >= 4 is 41.1 Å². The molecular weight excluding hydrogens is 560 g/mol. The molecule has 0 fully saturated rings. The topological polar surface area (TPSA) is 111 Å². The van der Waals surface area contributed by atoms with E-state index in [0.29, 0.717) is 37.7 Å². The zero-order chi connectivity index (χ0) is 29.4. The van der Waals surface area contributed by atoms with Crippen LogP contribution in [0.5, 0.6) is 0 Å². The minimum Gasteiger partial charge on any atom is -0.478 e. The van der Waals surface area contributed by atoms with Crippen LogP contribution < -0.4 is 14.9 Å². The molecule has 210 valence electrons. The number of aryl methyl sites for hydroxylation is 1. The maximum atomic E-state index is 13.9. The highest BCUT2D eigenvalue weighted by Crippen LogP contribution is 2.32. The highest BCUT2D eigenvalue weighted by Gasteiger charge is 2.33. The number of allylic oxidation sites excluding steroid dienone is 1. The fourth-order valence-electron chi connectivity index (χ4n) is 4.69. The van der Waals surface area contributed by atoms with E-state index in [2.05, 4.69) is 4.99 Å². The lowest BCUT2D eigenvalue weighted by molar-refractivity contribution is -0.143. The van der Waals surface area contributed by atoms with E-state index in [0.717, 1.165) is 16.0 Å². The standard InChI is InChI=1S/C31H28N2O6S2/c1-16(2)38-30(37)26-18(4)32-31-33(27(26)19-8-11-22(40-5)12-9-19)28(34)25(41-31)15-21-10-13-24(39-21)23-14-20(29(35)36)7-6-17(23)3/h6-16,27H,1-5H3,(H,35,36)/b25-15-/t27-/m0/s1. The molecule has 0 amide bonds. The second-order valence-corrected chi connectivity index (χ2v) is 11.7. The third kappa shape index (κ3) is 5.57. The molecule has 4 aromatic rings. The van der Waals surface area contributed by atoms with Gasteiger partial charge in [0, 0.05) is 16.5 Å². The van der Waals surface area contributed by atoms with Gasteiger partial charge in [-0.05, 0) is 81.5 Å². The van der Waals surface area contributed by atoms with Crippen LogP contribution in [0.1, 0.15) is 54.1 Å². The van der Waals surface area contributed by atoms with Crippen molar-refractivity contribution in [3.8, 4) is 11.3 Å². The summed E-state index contributed by atoms with van der Waals surface area (Å²) in [6, 6.07) is 15.4. The summed E-state index contributed by atoms with van der Waals surface area (Å²) >= 11 is 2.81. The lowest BCUT2D eigenvalue weighted by Gasteiger charge is -2.25. The molecule has 1 aliphatic rings. The summed E-state index contributed by atoms with van der Waals surface area (Å²) in [5.74, 6) is -0.611. The number of hydrogen-bond donors (Lipinski definition) is 1. The van der Waals surface area contributed by atoms with Gasteiger partial charge in [0.2, 0.25) is 0 Å². The zero-order valence-electron chi connectivity index (χ0n) is 23.1. The summed E-state index contributed by atoms with van der Waals surface area (Å²) < 4.78 is 13.5. The third-order valence-corrected chi connectivity index (χ3v) is 8.39. The van der Waals surface area contributed by atoms with E-state index in [1.807, 2.05) is 37.4 Å². The number of carboxylic acids is 1. The number of benzene rings is 2. The van der Waals surface area contributed by atoms with Gasteiger partial charge in [-0.3, -0.25) is 9.36 Å². The molecule has 0 saturated carbocycles. The molecule has 0 aliphatic carbocycles. The molecule has 10 heteroatoms. The predicted octanol–water partition coefficient (Wildman–Crippen LogP) is 5.18. The molecule has 0 spiro atoms. The number of thioether (sulfide) groups is 1. The van der Waals surface area contributed by atoms with Crippen molar-refractivity contribution in [2.75, 3.05) is 6.26 Å². The van der Waals surface area contributed by atoms with Gasteiger partial charge in [-0.2, -0.15) is 0 Å². The second-order valence-electron chi connectivity index (χ2n) is 9.85. The van der Waals surface area contributed by atoms with Crippen molar-refractivity contribution in [1.82, 2.24) is 4.57 Å². The number of rotatable bonds is 7. The molecule has 0 radical (unpaired) electrons. The molecule has 2 aromatic carbocycles. The van der Waals surface area contributed by atoms with E-state index in [9.17, 15) is 19.5 Å². The van der Waals surface area contributed by atoms with E-state index in [1.54, 1.807) is 73.5 Å². The van der Waals surface area contributed by atoms with Gasteiger partial charge >= 0.3 is 11.9 Å². The first kappa shape index (κ1) is 28.4. The monoisotopic (exact) mass is 588 g/mol. The average Bonchev–Trinajstić information content (AvgIpc) is 3.51. The Bertz CT molecular complexity index is 1880. The number of aromatic nitrogens is 1. The van der Waals surface area contributed by atoms with Crippen molar-refractivity contribution in [1.29, 1.82) is 0 Å². The summed E-state index contributed by atoms with van der Waals surface area (Å²) in [6.45, 7) is 7.19. The summed E-state index contributed by atoms with van der Waals surface area (Å²) in [5, 5.41) is 9.39. The van der Waals surface area contributed by atoms with Crippen LogP contribution in [0.15, 0.2) is 85.0 Å². The number of carbonyl (C=O) groups excluding carboxylic acids is 1. The van der Waals surface area contributed by atoms with Crippen molar-refractivity contribution < 1.29 is 23.8 Å². The number of aromatic carboxylic acids is 1. The summed E-state index contributed by atoms with van der Waals surface area (Å²) in [6.07, 6.45) is 3.29. The van der Waals surface area contributed by atoms with Crippen molar-refractivity contribution in [2.24, 2.45) is 4.99 Å². The van der Waals surface area contributed by atoms with Gasteiger partial charge in [0.05, 0.1) is 33.5 Å². The Morgan fingerprint density at radius 2 is 1.85 bits per heavy atom. The first-order valence-electron chi connectivity index (χ1n) is 12.9. The lowest BCUT2D eigenvalue weighted by atomic mass is 9.96. The van der Waals surface area contributed by atoms with E-state index in [4.69, 9.17) is 9.15 Å². The molecule has 41 heavy (non-hydrogen) atoms. The fraction of sp³-hybridized carbons (Fsp3) is 0.226. The summed E-state index contributed by atoms with van der Waals surface area (Å²) in [5.41, 5.74) is 2.96. The number of carbonyl (C=O) groups is 2. The Balaban J connectivity index is 1.62. The molecule has 5 rings (SSSR count). The van der Waals surface area contributed by atoms with Crippen molar-refractivity contribution in [3.63, 3.8) is 0 Å². The number of esters is 1. The lowest BCUT2D eigenvalue weighted by Crippen LogP contribution is -2.40. The first-order valence-corrected chi connectivity index (χ1v) is 14.9. The van der Waals surface area contributed by atoms with Crippen LogP contribution in [-0.4, -0.2) is 34.0 Å². The molecule has 1 atom stereocenters. The van der Waals surface area contributed by atoms with Gasteiger partial charge in [-0.25, -0.2) is 14.6 Å². The van der Waals surface area contributed by atoms with Gasteiger partial charge in [0.15, 0.2) is 4.80 Å². The highest BCUT2D eigenvalue weighted by molar-refractivity contribution is 7.98. The van der Waals surface area contributed by atoms with Crippen molar-refractivity contribution in [3.05, 3.63) is 108 Å². The number of carboxylic acid groups (broad SMARTS) is 1. The quantitative estimate of drug-likeness (QED) is 0.234. The summed E-state index contributed by atoms with van der Waals surface area (Å²) in [4.78, 5) is 44.7. The number of ether oxygens (including phenoxy) is 1. The van der Waals surface area contributed by atoms with Crippen LogP contribution >= 0.6 is 23.1 Å². The van der Waals surface area contributed by atoms with Crippen LogP contribution in [0.25, 0.3) is 17.4 Å². The molecule has 1 aliphatic heterocycles. The van der Waals surface area contributed by atoms with Crippen LogP contribution in [0.3, 0.4) is 0 Å². The third-order valence-electron chi connectivity index (χ3n) is 6.67. The molecular formula is C31H28N2O6S2. The Labute approximate surface area is 244 Å². The molecule has 3 heterocycles. The maximum absolute atomic E-state index is 13.9. The largest absolute Gasteiger partial charge is 0.478 e. The molecule has 0 saturated heterocycles. The van der Waals surface area contributed by atoms with E-state index >= 15 is 0 Å². The van der Waals surface area contributed by atoms with Gasteiger partial charge in [-0.15, -0.1) is 11.8 Å². The summed E-state index contributed by atoms with van der Waals surface area (Å²) in [7, 11) is 0. The van der Waals surface area contributed by atoms with E-state index in [-0.39, 0.29) is 17.2 Å². The van der Waals surface area contributed by atoms with Crippen LogP contribution in [0, 0.1) is 6.92 Å². The second kappa shape index (κ2) is 11.4. The Morgan fingerprint density at radius 3 is 2.51 bits per heavy atom. The van der Waals surface area contributed by atoms with Gasteiger partial charge in [0.1, 0.15) is 11.5 Å². The number of nitrogens with zero attached hydrogens (tertiary/aromatic N) is 2. The SMILES string of the molecule is CSc1ccc([C@H]2C(C(=O)OC(C)C)=C(C)N=c3s/c(=C\c4ccc(-c5cc(C(=O)O)ccc5C)o4)c(=O)n32)cc1. The van der Waals surface area contributed by atoms with Crippen molar-refractivity contribution in [2.45, 2.75) is 44.7 Å². The highest BCUT2D eigenvalue weighted by atomic mass is 32.2. The smallest absolute Gasteiger partial charge is 0.338 e. The average molecular weight is 589 g/mol. The number of hydrogen-bond acceptors (Lipinski definition) is 8. The number of thiazole rings is 1. The predicted molar refractivity (Wildman–Crippen MR) is 159 cm³/mol. The number of fused-ring (bicyclic) bond motifs is 1. The molecule has 0 unspecified atom stereocenters. The van der Waals surface area contributed by atoms with Gasteiger partial charge in [0.25, 0.3) is 5.56 Å². The Kier molecular flexibility index (Phi) is 7.88. The minimum absolute atomic E-state index is 0.157. The molecule has 8 nitrogen and oxygen atoms in total. The van der Waals surface area contributed by atoms with Gasteiger partial charge in [-0.1, -0.05) is 29.5 Å². The Morgan fingerprint density at radius 1 is 1.12 bits per heavy atom. The normalized spacial score (nSPS) is 15.2. The fourth-order valence-corrected chi connectivity index (χ4v) is 6.12. The van der Waals surface area contributed by atoms with Crippen LogP contribution in [0.4, 0.5) is 0 Å². The zero-order valence-corrected chi connectivity index (χ0v) is 24.8. The van der Waals surface area contributed by atoms with Gasteiger partial charge < -0.3 is 14.3 Å². The maximum Gasteiger partial charge on any atom is 0.338 e. The molecule has 1 N–H and O–H groups in total. The number of furan rings is 1. The van der Waals surface area contributed by atoms with E-state index in [1.165, 1.54) is 11.3 Å². The molecule has 2 aromatic heterocycles. The Hall–Kier alpha value is -4.15. The van der Waals surface area contributed by atoms with E-state index < -0.39 is 18.0 Å². The van der Waals surface area contributed by atoms with Crippen LogP contribution in [-0.2, 0) is 9.53 Å². The first-order chi connectivity index (χ1) is 19.6. The minimum atomic E-state index is -1.02. The van der Waals surface area contributed by atoms with Crippen LogP contribution in [0.2, 0.25) is 0 Å². The molecule has 0 bridgehead atoms.